The highest BCUT2D eigenvalue weighted by atomic mass is 19.4. The number of aromatic hydroxyl groups is 1. The van der Waals surface area contributed by atoms with Crippen molar-refractivity contribution >= 4 is 0 Å². The van der Waals surface area contributed by atoms with Crippen molar-refractivity contribution in [2.75, 3.05) is 6.61 Å². The summed E-state index contributed by atoms with van der Waals surface area (Å²) < 4.78 is 44.5. The van der Waals surface area contributed by atoms with E-state index in [-0.39, 0.29) is 24.4 Å². The molecule has 3 rings (SSSR count). The van der Waals surface area contributed by atoms with Crippen molar-refractivity contribution in [3.63, 3.8) is 0 Å². The minimum absolute atomic E-state index is 0.0116. The number of ether oxygens (including phenoxy) is 1. The van der Waals surface area contributed by atoms with Gasteiger partial charge in [0.25, 0.3) is 0 Å². The molecule has 0 saturated heterocycles. The Balaban J connectivity index is 1.84. The van der Waals surface area contributed by atoms with Crippen molar-refractivity contribution in [1.82, 2.24) is 0 Å². The van der Waals surface area contributed by atoms with Crippen molar-refractivity contribution in [3.05, 3.63) is 60.2 Å². The van der Waals surface area contributed by atoms with Gasteiger partial charge in [-0.05, 0) is 67.5 Å². The number of aliphatic hydroxyl groups is 1. The molecule has 2 aromatic rings. The molecule has 2 aromatic carbocycles. The summed E-state index contributed by atoms with van der Waals surface area (Å²) in [7, 11) is 0. The summed E-state index contributed by atoms with van der Waals surface area (Å²) in [5.41, 5.74) is 1.45. The molecule has 1 saturated carbocycles. The van der Waals surface area contributed by atoms with Gasteiger partial charge < -0.3 is 14.9 Å². The average molecular weight is 406 g/mol. The third-order valence-electron chi connectivity index (χ3n) is 5.58. The first-order chi connectivity index (χ1) is 13.7. The summed E-state index contributed by atoms with van der Waals surface area (Å²) in [6.45, 7) is 6.02. The number of hydrogen-bond donors (Lipinski definition) is 2. The number of alkyl halides is 3. The maximum Gasteiger partial charge on any atom is 0.416 e. The number of allylic oxidation sites excluding steroid dienone is 1. The number of phenolic OH excluding ortho intramolecular Hbond substituents is 1. The molecule has 156 valence electrons. The van der Waals surface area contributed by atoms with Crippen LogP contribution in [0.5, 0.6) is 11.5 Å². The zero-order chi connectivity index (χ0) is 21.2. The Labute approximate surface area is 168 Å². The summed E-state index contributed by atoms with van der Waals surface area (Å²) in [5.74, 6) is 0.688. The highest BCUT2D eigenvalue weighted by Crippen LogP contribution is 2.37. The molecule has 1 aliphatic rings. The predicted molar refractivity (Wildman–Crippen MR) is 106 cm³/mol. The van der Waals surface area contributed by atoms with Crippen LogP contribution in [0.1, 0.15) is 31.7 Å². The topological polar surface area (TPSA) is 49.7 Å². The van der Waals surface area contributed by atoms with E-state index in [0.717, 1.165) is 37.0 Å². The number of hydrogen-bond acceptors (Lipinski definition) is 3. The molecule has 0 aliphatic heterocycles. The zero-order valence-electron chi connectivity index (χ0n) is 16.2. The molecule has 3 atom stereocenters. The summed E-state index contributed by atoms with van der Waals surface area (Å²) in [6, 6.07) is 9.43. The molecular formula is C23H25F3O3. The lowest BCUT2D eigenvalue weighted by Gasteiger charge is -2.35. The first-order valence-corrected chi connectivity index (χ1v) is 9.62. The Morgan fingerprint density at radius 2 is 1.79 bits per heavy atom. The van der Waals surface area contributed by atoms with Gasteiger partial charge in [0.2, 0.25) is 0 Å². The van der Waals surface area contributed by atoms with Gasteiger partial charge >= 0.3 is 6.18 Å². The van der Waals surface area contributed by atoms with Gasteiger partial charge in [-0.25, -0.2) is 0 Å². The fourth-order valence-electron chi connectivity index (χ4n) is 3.84. The minimum atomic E-state index is -4.40. The van der Waals surface area contributed by atoms with Gasteiger partial charge in [-0.2, -0.15) is 13.2 Å². The molecule has 29 heavy (non-hydrogen) atoms. The fourth-order valence-corrected chi connectivity index (χ4v) is 3.84. The van der Waals surface area contributed by atoms with Gasteiger partial charge in [-0.3, -0.25) is 0 Å². The SMILES string of the molecule is C=C(C)C1CCC(CO)C(Oc2cc(O)cc(-c3ccc(C(F)(F)F)cc3)c2)C1. The summed E-state index contributed by atoms with van der Waals surface area (Å²) >= 11 is 0. The highest BCUT2D eigenvalue weighted by Gasteiger charge is 2.32. The van der Waals surface area contributed by atoms with Gasteiger partial charge in [0.05, 0.1) is 5.56 Å². The highest BCUT2D eigenvalue weighted by molar-refractivity contribution is 5.67. The molecule has 2 N–H and O–H groups in total. The smallest absolute Gasteiger partial charge is 0.416 e. The second-order valence-corrected chi connectivity index (χ2v) is 7.75. The number of phenols is 1. The van der Waals surface area contributed by atoms with Crippen molar-refractivity contribution in [2.45, 2.75) is 38.5 Å². The molecule has 1 aliphatic carbocycles. The Bertz CT molecular complexity index is 859. The lowest BCUT2D eigenvalue weighted by molar-refractivity contribution is -0.137. The van der Waals surface area contributed by atoms with Crippen LogP contribution in [-0.2, 0) is 6.18 Å². The maximum absolute atomic E-state index is 12.8. The van der Waals surface area contributed by atoms with E-state index in [1.165, 1.54) is 24.3 Å². The fraction of sp³-hybridized carbons (Fsp3) is 0.391. The third kappa shape index (κ3) is 5.12. The van der Waals surface area contributed by atoms with Crippen molar-refractivity contribution in [3.8, 4) is 22.6 Å². The second-order valence-electron chi connectivity index (χ2n) is 7.75. The van der Waals surface area contributed by atoms with E-state index < -0.39 is 11.7 Å². The molecule has 1 fully saturated rings. The normalized spacial score (nSPS) is 22.3. The molecule has 0 amide bonds. The average Bonchev–Trinajstić information content (AvgIpc) is 2.67. The third-order valence-corrected chi connectivity index (χ3v) is 5.58. The van der Waals surface area contributed by atoms with Gasteiger partial charge in [-0.1, -0.05) is 24.3 Å². The van der Waals surface area contributed by atoms with Gasteiger partial charge in [0.1, 0.15) is 17.6 Å². The summed E-state index contributed by atoms with van der Waals surface area (Å²) in [4.78, 5) is 0. The Morgan fingerprint density at radius 1 is 1.10 bits per heavy atom. The number of aliphatic hydroxyl groups excluding tert-OH is 1. The van der Waals surface area contributed by atoms with E-state index in [2.05, 4.69) is 6.58 Å². The Kier molecular flexibility index (Phi) is 6.22. The molecule has 3 unspecified atom stereocenters. The Hall–Kier alpha value is -2.47. The van der Waals surface area contributed by atoms with E-state index in [0.29, 0.717) is 22.8 Å². The van der Waals surface area contributed by atoms with Crippen molar-refractivity contribution < 1.29 is 28.1 Å². The van der Waals surface area contributed by atoms with Crippen LogP contribution in [-0.4, -0.2) is 22.9 Å². The van der Waals surface area contributed by atoms with Gasteiger partial charge in [0, 0.05) is 18.6 Å². The maximum atomic E-state index is 12.8. The van der Waals surface area contributed by atoms with Crippen LogP contribution < -0.4 is 4.74 Å². The van der Waals surface area contributed by atoms with E-state index in [9.17, 15) is 23.4 Å². The lowest BCUT2D eigenvalue weighted by Crippen LogP contribution is -2.36. The van der Waals surface area contributed by atoms with E-state index >= 15 is 0 Å². The first kappa shape index (κ1) is 21.2. The quantitative estimate of drug-likeness (QED) is 0.616. The Morgan fingerprint density at radius 3 is 2.38 bits per heavy atom. The largest absolute Gasteiger partial charge is 0.508 e. The molecule has 6 heteroatoms. The zero-order valence-corrected chi connectivity index (χ0v) is 16.2. The standard InChI is InChI=1S/C23H25F3O3/c1-14(2)16-3-4-17(13-27)22(11-16)29-21-10-18(9-20(28)12-21)15-5-7-19(8-6-15)23(24,25)26/h5-10,12,16-17,22,27-28H,1,3-4,11,13H2,2H3. The van der Waals surface area contributed by atoms with Crippen LogP contribution in [0.2, 0.25) is 0 Å². The van der Waals surface area contributed by atoms with Gasteiger partial charge in [-0.15, -0.1) is 0 Å². The van der Waals surface area contributed by atoms with Crippen LogP contribution in [0.3, 0.4) is 0 Å². The summed E-state index contributed by atoms with van der Waals surface area (Å²) in [5, 5.41) is 19.8. The van der Waals surface area contributed by atoms with E-state index in [1.54, 1.807) is 6.07 Å². The molecule has 0 radical (unpaired) electrons. The van der Waals surface area contributed by atoms with E-state index in [4.69, 9.17) is 4.74 Å². The number of rotatable bonds is 5. The first-order valence-electron chi connectivity index (χ1n) is 9.62. The summed E-state index contributed by atoms with van der Waals surface area (Å²) in [6.07, 6.45) is -2.12. The molecular weight excluding hydrogens is 381 g/mol. The predicted octanol–water partition coefficient (Wildman–Crippen LogP) is 5.81. The van der Waals surface area contributed by atoms with Crippen LogP contribution in [0.4, 0.5) is 13.2 Å². The second kappa shape index (κ2) is 8.49. The minimum Gasteiger partial charge on any atom is -0.508 e. The molecule has 3 nitrogen and oxygen atoms in total. The van der Waals surface area contributed by atoms with Gasteiger partial charge in [0.15, 0.2) is 0 Å². The molecule has 0 bridgehead atoms. The monoisotopic (exact) mass is 406 g/mol. The molecule has 0 heterocycles. The molecule has 0 spiro atoms. The number of halogens is 3. The number of benzene rings is 2. The van der Waals surface area contributed by atoms with Crippen molar-refractivity contribution in [2.24, 2.45) is 11.8 Å². The van der Waals surface area contributed by atoms with Crippen LogP contribution in [0.15, 0.2) is 54.6 Å². The van der Waals surface area contributed by atoms with E-state index in [1.807, 2.05) is 6.92 Å². The molecule has 0 aromatic heterocycles. The van der Waals surface area contributed by atoms with Crippen LogP contribution in [0, 0.1) is 11.8 Å². The van der Waals surface area contributed by atoms with Crippen LogP contribution >= 0.6 is 0 Å². The van der Waals surface area contributed by atoms with Crippen molar-refractivity contribution in [1.29, 1.82) is 0 Å². The van der Waals surface area contributed by atoms with Crippen LogP contribution in [0.25, 0.3) is 11.1 Å². The lowest BCUT2D eigenvalue weighted by atomic mass is 9.77.